The SMILES string of the molecule is CN=C(NCCCNC(=O)c1occc1C)N1CCOC(C2CCCO2)C1. The highest BCUT2D eigenvalue weighted by Crippen LogP contribution is 2.21. The predicted molar refractivity (Wildman–Crippen MR) is 102 cm³/mol. The summed E-state index contributed by atoms with van der Waals surface area (Å²) >= 11 is 0. The lowest BCUT2D eigenvalue weighted by atomic mass is 10.1. The molecule has 2 N–H and O–H groups in total. The number of carbonyl (C=O) groups is 1. The van der Waals surface area contributed by atoms with Gasteiger partial charge >= 0.3 is 0 Å². The van der Waals surface area contributed by atoms with Crippen molar-refractivity contribution in [1.82, 2.24) is 15.5 Å². The first kappa shape index (κ1) is 19.7. The number of ether oxygens (including phenoxy) is 2. The average Bonchev–Trinajstić information content (AvgIpc) is 3.36. The number of nitrogens with zero attached hydrogens (tertiary/aromatic N) is 2. The van der Waals surface area contributed by atoms with Crippen LogP contribution in [-0.2, 0) is 9.47 Å². The largest absolute Gasteiger partial charge is 0.459 e. The Morgan fingerprint density at radius 3 is 2.78 bits per heavy atom. The Kier molecular flexibility index (Phi) is 7.11. The number of furan rings is 1. The third kappa shape index (κ3) is 5.23. The van der Waals surface area contributed by atoms with Gasteiger partial charge in [-0.3, -0.25) is 9.79 Å². The highest BCUT2D eigenvalue weighted by molar-refractivity contribution is 5.92. The van der Waals surface area contributed by atoms with Gasteiger partial charge in [0.15, 0.2) is 11.7 Å². The van der Waals surface area contributed by atoms with Gasteiger partial charge in [-0.2, -0.15) is 0 Å². The van der Waals surface area contributed by atoms with Crippen LogP contribution in [0.4, 0.5) is 0 Å². The Morgan fingerprint density at radius 2 is 2.07 bits per heavy atom. The monoisotopic (exact) mass is 378 g/mol. The Morgan fingerprint density at radius 1 is 1.26 bits per heavy atom. The lowest BCUT2D eigenvalue weighted by molar-refractivity contribution is -0.0816. The number of guanidine groups is 1. The zero-order valence-electron chi connectivity index (χ0n) is 16.2. The second-order valence-electron chi connectivity index (χ2n) is 6.92. The molecule has 1 amide bonds. The summed E-state index contributed by atoms with van der Waals surface area (Å²) < 4.78 is 16.9. The molecule has 0 saturated carbocycles. The molecule has 2 aliphatic rings. The van der Waals surface area contributed by atoms with E-state index in [9.17, 15) is 4.79 Å². The lowest BCUT2D eigenvalue weighted by Crippen LogP contribution is -2.53. The highest BCUT2D eigenvalue weighted by Gasteiger charge is 2.32. The molecule has 1 aromatic heterocycles. The minimum atomic E-state index is -0.172. The zero-order valence-corrected chi connectivity index (χ0v) is 16.2. The summed E-state index contributed by atoms with van der Waals surface area (Å²) in [6.45, 7) is 6.29. The Balaban J connectivity index is 1.37. The number of hydrogen-bond donors (Lipinski definition) is 2. The number of hydrogen-bond acceptors (Lipinski definition) is 5. The molecule has 2 saturated heterocycles. The zero-order chi connectivity index (χ0) is 19.1. The number of nitrogens with one attached hydrogen (secondary N) is 2. The fraction of sp³-hybridized carbons (Fsp3) is 0.684. The summed E-state index contributed by atoms with van der Waals surface area (Å²) in [5.41, 5.74) is 0.846. The third-order valence-corrected chi connectivity index (χ3v) is 4.97. The van der Waals surface area contributed by atoms with Crippen molar-refractivity contribution in [3.05, 3.63) is 23.7 Å². The molecule has 27 heavy (non-hydrogen) atoms. The Bertz CT molecular complexity index is 639. The normalized spacial score (nSPS) is 23.5. The minimum absolute atomic E-state index is 0.107. The van der Waals surface area contributed by atoms with E-state index in [1.807, 2.05) is 6.92 Å². The minimum Gasteiger partial charge on any atom is -0.459 e. The van der Waals surface area contributed by atoms with Crippen LogP contribution in [0.3, 0.4) is 0 Å². The van der Waals surface area contributed by atoms with Crippen molar-refractivity contribution in [1.29, 1.82) is 0 Å². The number of aryl methyl sites for hydroxylation is 1. The number of rotatable bonds is 6. The van der Waals surface area contributed by atoms with Crippen LogP contribution in [0, 0.1) is 6.92 Å². The molecule has 0 bridgehead atoms. The summed E-state index contributed by atoms with van der Waals surface area (Å²) in [6.07, 6.45) is 4.81. The molecule has 0 aliphatic carbocycles. The maximum atomic E-state index is 12.0. The van der Waals surface area contributed by atoms with Crippen LogP contribution in [0.25, 0.3) is 0 Å². The Hall–Kier alpha value is -2.06. The van der Waals surface area contributed by atoms with Crippen LogP contribution in [0.5, 0.6) is 0 Å². The quantitative estimate of drug-likeness (QED) is 0.439. The van der Waals surface area contributed by atoms with Crippen LogP contribution in [0.2, 0.25) is 0 Å². The molecule has 2 atom stereocenters. The number of amides is 1. The van der Waals surface area contributed by atoms with Crippen LogP contribution in [0.1, 0.15) is 35.4 Å². The second kappa shape index (κ2) is 9.75. The van der Waals surface area contributed by atoms with E-state index in [1.54, 1.807) is 13.1 Å². The number of carbonyl (C=O) groups excluding carboxylic acids is 1. The highest BCUT2D eigenvalue weighted by atomic mass is 16.5. The number of aliphatic imine (C=N–C) groups is 1. The van der Waals surface area contributed by atoms with Crippen molar-refractivity contribution >= 4 is 11.9 Å². The van der Waals surface area contributed by atoms with Crippen molar-refractivity contribution in [2.45, 2.75) is 38.4 Å². The van der Waals surface area contributed by atoms with E-state index in [0.717, 1.165) is 57.0 Å². The van der Waals surface area contributed by atoms with Crippen molar-refractivity contribution in [2.24, 2.45) is 4.99 Å². The molecule has 1 aromatic rings. The van der Waals surface area contributed by atoms with Crippen LogP contribution >= 0.6 is 0 Å². The molecule has 0 spiro atoms. The van der Waals surface area contributed by atoms with Gasteiger partial charge in [-0.05, 0) is 32.3 Å². The first-order valence-corrected chi connectivity index (χ1v) is 9.70. The van der Waals surface area contributed by atoms with E-state index in [-0.39, 0.29) is 18.1 Å². The molecule has 0 radical (unpaired) electrons. The van der Waals surface area contributed by atoms with Gasteiger partial charge in [-0.25, -0.2) is 0 Å². The van der Waals surface area contributed by atoms with Crippen LogP contribution in [0.15, 0.2) is 21.7 Å². The van der Waals surface area contributed by atoms with Gasteiger partial charge in [-0.15, -0.1) is 0 Å². The summed E-state index contributed by atoms with van der Waals surface area (Å²) in [5, 5.41) is 6.25. The smallest absolute Gasteiger partial charge is 0.287 e. The maximum absolute atomic E-state index is 12.0. The molecule has 2 aliphatic heterocycles. The average molecular weight is 378 g/mol. The summed E-state index contributed by atoms with van der Waals surface area (Å²) in [5.74, 6) is 1.08. The van der Waals surface area contributed by atoms with Gasteiger partial charge in [0.2, 0.25) is 0 Å². The molecular weight excluding hydrogens is 348 g/mol. The molecule has 8 heteroatoms. The van der Waals surface area contributed by atoms with Crippen LogP contribution < -0.4 is 10.6 Å². The topological polar surface area (TPSA) is 88.3 Å². The second-order valence-corrected chi connectivity index (χ2v) is 6.92. The molecule has 2 unspecified atom stereocenters. The summed E-state index contributed by atoms with van der Waals surface area (Å²) in [7, 11) is 1.79. The molecule has 3 rings (SSSR count). The van der Waals surface area contributed by atoms with Gasteiger partial charge in [0.25, 0.3) is 5.91 Å². The molecule has 8 nitrogen and oxygen atoms in total. The predicted octanol–water partition coefficient (Wildman–Crippen LogP) is 1.16. The van der Waals surface area contributed by atoms with Gasteiger partial charge in [0, 0.05) is 45.4 Å². The molecule has 3 heterocycles. The maximum Gasteiger partial charge on any atom is 0.287 e. The van der Waals surface area contributed by atoms with Crippen LogP contribution in [-0.4, -0.2) is 75.4 Å². The molecular formula is C19H30N4O4. The fourth-order valence-corrected chi connectivity index (χ4v) is 3.50. The van der Waals surface area contributed by atoms with Crippen molar-refractivity contribution in [2.75, 3.05) is 46.4 Å². The van der Waals surface area contributed by atoms with Crippen molar-refractivity contribution in [3.8, 4) is 0 Å². The van der Waals surface area contributed by atoms with E-state index in [0.29, 0.717) is 18.9 Å². The van der Waals surface area contributed by atoms with E-state index in [1.165, 1.54) is 6.26 Å². The van der Waals surface area contributed by atoms with Gasteiger partial charge < -0.3 is 29.4 Å². The first-order chi connectivity index (χ1) is 13.2. The van der Waals surface area contributed by atoms with Crippen molar-refractivity contribution in [3.63, 3.8) is 0 Å². The van der Waals surface area contributed by atoms with E-state index >= 15 is 0 Å². The van der Waals surface area contributed by atoms with E-state index in [4.69, 9.17) is 13.9 Å². The molecule has 0 aromatic carbocycles. The summed E-state index contributed by atoms with van der Waals surface area (Å²) in [6, 6.07) is 1.78. The summed E-state index contributed by atoms with van der Waals surface area (Å²) in [4.78, 5) is 18.6. The number of morpholine rings is 1. The van der Waals surface area contributed by atoms with E-state index in [2.05, 4.69) is 20.5 Å². The van der Waals surface area contributed by atoms with Crippen molar-refractivity contribution < 1.29 is 18.7 Å². The van der Waals surface area contributed by atoms with E-state index < -0.39 is 0 Å². The van der Waals surface area contributed by atoms with Gasteiger partial charge in [-0.1, -0.05) is 0 Å². The molecule has 2 fully saturated rings. The standard InChI is InChI=1S/C19H30N4O4/c1-14-6-11-27-17(14)18(24)21-7-4-8-22-19(20-2)23-9-12-26-16(13-23)15-5-3-10-25-15/h6,11,15-16H,3-5,7-10,12-13H2,1-2H3,(H,20,22)(H,21,24). The Labute approximate surface area is 160 Å². The fourth-order valence-electron chi connectivity index (χ4n) is 3.50. The van der Waals surface area contributed by atoms with Gasteiger partial charge in [0.1, 0.15) is 6.10 Å². The third-order valence-electron chi connectivity index (χ3n) is 4.97. The molecule has 150 valence electrons. The first-order valence-electron chi connectivity index (χ1n) is 9.70. The van der Waals surface area contributed by atoms with Gasteiger partial charge in [0.05, 0.1) is 19.0 Å². The lowest BCUT2D eigenvalue weighted by Gasteiger charge is -2.37.